The number of aromatic nitrogens is 5. The second-order valence-corrected chi connectivity index (χ2v) is 5.56. The number of nitrogens with zero attached hydrogens (tertiary/aromatic N) is 5. The van der Waals surface area contributed by atoms with E-state index in [9.17, 15) is 9.59 Å². The van der Waals surface area contributed by atoms with Gasteiger partial charge in [0.2, 0.25) is 5.89 Å². The van der Waals surface area contributed by atoms with Gasteiger partial charge in [-0.25, -0.2) is 14.8 Å². The van der Waals surface area contributed by atoms with Crippen molar-refractivity contribution in [2.75, 3.05) is 0 Å². The van der Waals surface area contributed by atoms with Gasteiger partial charge in [-0.3, -0.25) is 13.9 Å². The molecule has 0 aromatic carbocycles. The van der Waals surface area contributed by atoms with Crippen LogP contribution in [0.25, 0.3) is 11.2 Å². The van der Waals surface area contributed by atoms with Crippen LogP contribution in [0, 0.1) is 0 Å². The van der Waals surface area contributed by atoms with Gasteiger partial charge in [-0.1, -0.05) is 13.8 Å². The highest BCUT2D eigenvalue weighted by molar-refractivity contribution is 5.70. The topological polar surface area (TPSA) is 87.9 Å². The highest BCUT2D eigenvalue weighted by Crippen LogP contribution is 2.16. The molecule has 0 aliphatic carbocycles. The van der Waals surface area contributed by atoms with Gasteiger partial charge in [0.05, 0.1) is 12.5 Å². The van der Waals surface area contributed by atoms with Crippen molar-refractivity contribution in [2.24, 2.45) is 14.1 Å². The fraction of sp³-hybridized carbons (Fsp3) is 0.429. The van der Waals surface area contributed by atoms with E-state index < -0.39 is 5.69 Å². The second-order valence-electron chi connectivity index (χ2n) is 5.56. The van der Waals surface area contributed by atoms with Crippen molar-refractivity contribution in [3.8, 4) is 0 Å². The molecule has 8 heteroatoms. The molecule has 0 saturated heterocycles. The first-order chi connectivity index (χ1) is 10.4. The Balaban J connectivity index is 2.12. The number of oxazole rings is 1. The number of aryl methyl sites for hydroxylation is 1. The molecule has 3 aromatic heterocycles. The van der Waals surface area contributed by atoms with Crippen molar-refractivity contribution in [1.82, 2.24) is 23.7 Å². The van der Waals surface area contributed by atoms with Gasteiger partial charge in [0.1, 0.15) is 12.3 Å². The Kier molecular flexibility index (Phi) is 3.23. The molecule has 0 spiro atoms. The van der Waals surface area contributed by atoms with E-state index in [4.69, 9.17) is 4.42 Å². The Labute approximate surface area is 125 Å². The van der Waals surface area contributed by atoms with Gasteiger partial charge in [0, 0.05) is 20.0 Å². The fourth-order valence-electron chi connectivity index (χ4n) is 2.33. The van der Waals surface area contributed by atoms with E-state index in [0.29, 0.717) is 17.1 Å². The molecule has 22 heavy (non-hydrogen) atoms. The van der Waals surface area contributed by atoms with Crippen molar-refractivity contribution in [2.45, 2.75) is 26.3 Å². The largest absolute Gasteiger partial charge is 0.443 e. The molecule has 0 aliphatic rings. The Morgan fingerprint density at radius 1 is 1.18 bits per heavy atom. The third-order valence-electron chi connectivity index (χ3n) is 3.66. The average molecular weight is 303 g/mol. The van der Waals surface area contributed by atoms with E-state index >= 15 is 0 Å². The van der Waals surface area contributed by atoms with Crippen LogP contribution in [0.4, 0.5) is 0 Å². The van der Waals surface area contributed by atoms with Crippen molar-refractivity contribution in [1.29, 1.82) is 0 Å². The lowest BCUT2D eigenvalue weighted by molar-refractivity contribution is 0.430. The minimum absolute atomic E-state index is 0.245. The molecular weight excluding hydrogens is 286 g/mol. The van der Waals surface area contributed by atoms with Gasteiger partial charge in [0.15, 0.2) is 11.2 Å². The summed E-state index contributed by atoms with van der Waals surface area (Å²) >= 11 is 0. The number of hydrogen-bond donors (Lipinski definition) is 0. The Morgan fingerprint density at radius 2 is 1.91 bits per heavy atom. The molecule has 0 radical (unpaired) electrons. The molecule has 3 heterocycles. The lowest BCUT2D eigenvalue weighted by Gasteiger charge is -2.05. The molecule has 0 bridgehead atoms. The van der Waals surface area contributed by atoms with Crippen molar-refractivity contribution >= 4 is 11.2 Å². The molecule has 0 N–H and O–H groups in total. The quantitative estimate of drug-likeness (QED) is 0.707. The summed E-state index contributed by atoms with van der Waals surface area (Å²) in [4.78, 5) is 32.6. The molecule has 3 aromatic rings. The van der Waals surface area contributed by atoms with Crippen molar-refractivity contribution < 1.29 is 4.42 Å². The third kappa shape index (κ3) is 2.07. The van der Waals surface area contributed by atoms with Gasteiger partial charge in [-0.15, -0.1) is 0 Å². The predicted molar refractivity (Wildman–Crippen MR) is 79.9 cm³/mol. The summed E-state index contributed by atoms with van der Waals surface area (Å²) in [5.41, 5.74) is -0.0788. The van der Waals surface area contributed by atoms with Crippen LogP contribution in [0.1, 0.15) is 31.4 Å². The summed E-state index contributed by atoms with van der Waals surface area (Å²) in [5.74, 6) is 1.54. The van der Waals surface area contributed by atoms with E-state index in [1.54, 1.807) is 17.8 Å². The van der Waals surface area contributed by atoms with Crippen LogP contribution >= 0.6 is 0 Å². The van der Waals surface area contributed by atoms with Gasteiger partial charge in [-0.05, 0) is 0 Å². The zero-order valence-corrected chi connectivity index (χ0v) is 12.9. The van der Waals surface area contributed by atoms with Crippen molar-refractivity contribution in [3.05, 3.63) is 45.0 Å². The number of rotatable bonds is 3. The molecule has 0 saturated carbocycles. The van der Waals surface area contributed by atoms with Crippen LogP contribution < -0.4 is 11.2 Å². The normalized spacial score (nSPS) is 11.7. The summed E-state index contributed by atoms with van der Waals surface area (Å²) in [7, 11) is 3.03. The van der Waals surface area contributed by atoms with E-state index in [-0.39, 0.29) is 18.0 Å². The summed E-state index contributed by atoms with van der Waals surface area (Å²) in [6, 6.07) is 0. The average Bonchev–Trinajstić information content (AvgIpc) is 3.10. The minimum atomic E-state index is -0.402. The maximum atomic E-state index is 12.3. The zero-order chi connectivity index (χ0) is 16.0. The monoisotopic (exact) mass is 303 g/mol. The van der Waals surface area contributed by atoms with Gasteiger partial charge < -0.3 is 8.98 Å². The number of fused-ring (bicyclic) bond motifs is 1. The number of hydrogen-bond acceptors (Lipinski definition) is 5. The van der Waals surface area contributed by atoms with Crippen LogP contribution in [0.15, 0.2) is 26.5 Å². The summed E-state index contributed by atoms with van der Waals surface area (Å²) in [6.07, 6.45) is 3.21. The van der Waals surface area contributed by atoms with Crippen LogP contribution in [0.2, 0.25) is 0 Å². The highest BCUT2D eigenvalue weighted by atomic mass is 16.4. The predicted octanol–water partition coefficient (Wildman–Crippen LogP) is 0.593. The molecule has 0 fully saturated rings. The molecule has 0 amide bonds. The third-order valence-corrected chi connectivity index (χ3v) is 3.66. The SMILES string of the molecule is CC(C)c1cnc(Cn2cnc3c2c(=O)n(C)c(=O)n3C)o1. The zero-order valence-electron chi connectivity index (χ0n) is 12.9. The second kappa shape index (κ2) is 4.97. The van der Waals surface area contributed by atoms with Crippen LogP contribution in [-0.4, -0.2) is 23.7 Å². The van der Waals surface area contributed by atoms with E-state index in [2.05, 4.69) is 9.97 Å². The molecule has 3 rings (SSSR count). The van der Waals surface area contributed by atoms with Crippen LogP contribution in [-0.2, 0) is 20.6 Å². The van der Waals surface area contributed by atoms with Gasteiger partial charge in [-0.2, -0.15) is 0 Å². The summed E-state index contributed by atoms with van der Waals surface area (Å²) in [6.45, 7) is 4.32. The van der Waals surface area contributed by atoms with Crippen LogP contribution in [0.3, 0.4) is 0 Å². The first-order valence-electron chi connectivity index (χ1n) is 6.95. The lowest BCUT2D eigenvalue weighted by atomic mass is 10.2. The molecule has 0 aliphatic heterocycles. The summed E-state index contributed by atoms with van der Waals surface area (Å²) < 4.78 is 9.71. The van der Waals surface area contributed by atoms with Gasteiger partial charge >= 0.3 is 5.69 Å². The van der Waals surface area contributed by atoms with E-state index in [0.717, 1.165) is 10.3 Å². The summed E-state index contributed by atoms with van der Waals surface area (Å²) in [5, 5.41) is 0. The smallest absolute Gasteiger partial charge is 0.332 e. The minimum Gasteiger partial charge on any atom is -0.443 e. The molecule has 0 unspecified atom stereocenters. The maximum absolute atomic E-state index is 12.3. The Morgan fingerprint density at radius 3 is 2.55 bits per heavy atom. The fourth-order valence-corrected chi connectivity index (χ4v) is 2.33. The van der Waals surface area contributed by atoms with Crippen LogP contribution in [0.5, 0.6) is 0 Å². The Hall–Kier alpha value is -2.64. The van der Waals surface area contributed by atoms with E-state index in [1.165, 1.54) is 17.9 Å². The molecular formula is C14H17N5O3. The highest BCUT2D eigenvalue weighted by Gasteiger charge is 2.16. The number of imidazole rings is 1. The van der Waals surface area contributed by atoms with Gasteiger partial charge in [0.25, 0.3) is 5.56 Å². The molecule has 0 atom stereocenters. The Bertz CT molecular complexity index is 957. The molecule has 8 nitrogen and oxygen atoms in total. The first kappa shape index (κ1) is 14.3. The van der Waals surface area contributed by atoms with E-state index in [1.807, 2.05) is 13.8 Å². The standard InChI is InChI=1S/C14H17N5O3/c1-8(2)9-5-15-10(22-9)6-19-7-16-12-11(19)13(20)18(4)14(21)17(12)3/h5,7-8H,6H2,1-4H3. The molecule has 116 valence electrons. The maximum Gasteiger partial charge on any atom is 0.332 e. The van der Waals surface area contributed by atoms with Crippen molar-refractivity contribution in [3.63, 3.8) is 0 Å². The first-order valence-corrected chi connectivity index (χ1v) is 6.95. The lowest BCUT2D eigenvalue weighted by Crippen LogP contribution is -2.37.